The van der Waals surface area contributed by atoms with Crippen LogP contribution in [0.4, 0.5) is 5.69 Å². The first-order valence-corrected chi connectivity index (χ1v) is 9.78. The molecule has 0 saturated carbocycles. The third-order valence-electron chi connectivity index (χ3n) is 3.95. The molecule has 0 atom stereocenters. The minimum Gasteiger partial charge on any atom is -0.454 e. The second-order valence-corrected chi connectivity index (χ2v) is 7.90. The highest BCUT2D eigenvalue weighted by molar-refractivity contribution is 9.10. The van der Waals surface area contributed by atoms with Gasteiger partial charge in [0.05, 0.1) is 10.6 Å². The molecule has 1 saturated heterocycles. The number of aliphatic imine (C=N–C) groups is 1. The Morgan fingerprint density at radius 2 is 1.89 bits per heavy atom. The number of benzene rings is 2. The van der Waals surface area contributed by atoms with Gasteiger partial charge in [-0.1, -0.05) is 34.1 Å². The summed E-state index contributed by atoms with van der Waals surface area (Å²) < 4.78 is 11.6. The first kappa shape index (κ1) is 18.1. The molecule has 1 fully saturated rings. The maximum Gasteiger partial charge on any atom is 0.281 e. The average molecular weight is 446 g/mol. The van der Waals surface area contributed by atoms with Crippen LogP contribution in [0.15, 0.2) is 56.8 Å². The van der Waals surface area contributed by atoms with Gasteiger partial charge in [-0.05, 0) is 47.7 Å². The highest BCUT2D eigenvalue weighted by atomic mass is 79.9. The molecule has 0 aromatic heterocycles. The molecule has 2 aliphatic rings. The summed E-state index contributed by atoms with van der Waals surface area (Å²) in [4.78, 5) is 18.2. The Hall–Kier alpha value is -2.29. The molecule has 4 rings (SSSR count). The van der Waals surface area contributed by atoms with Crippen molar-refractivity contribution in [2.24, 2.45) is 4.99 Å². The van der Waals surface area contributed by atoms with Crippen LogP contribution >= 0.6 is 27.7 Å². The Balaban J connectivity index is 1.71. The van der Waals surface area contributed by atoms with E-state index >= 15 is 0 Å². The van der Waals surface area contributed by atoms with Crippen LogP contribution in [0.2, 0.25) is 0 Å². The normalized spacial score (nSPS) is 19.0. The zero-order chi connectivity index (χ0) is 19.0. The van der Waals surface area contributed by atoms with Crippen molar-refractivity contribution in [1.82, 2.24) is 10.0 Å². The molecule has 0 spiro atoms. The number of ether oxygens (including phenoxy) is 2. The molecule has 2 aromatic rings. The number of halogens is 1. The number of amides is 1. The Bertz CT molecular complexity index is 960. The van der Waals surface area contributed by atoms with E-state index in [9.17, 15) is 4.79 Å². The van der Waals surface area contributed by atoms with E-state index in [1.807, 2.05) is 62.6 Å². The van der Waals surface area contributed by atoms with Crippen molar-refractivity contribution in [3.05, 3.63) is 57.4 Å². The second-order valence-electron chi connectivity index (χ2n) is 6.03. The zero-order valence-corrected chi connectivity index (χ0v) is 17.1. The standard InChI is InChI=1S/C19H16BrN3O3S/c1-22(2)23-18(24)17(27-19(23)21-13-6-4-3-5-7-13)9-12-8-15-16(10-14(12)20)26-11-25-15/h3-10H,11H2,1-2H3/b17-9+,21-19?. The third kappa shape index (κ3) is 3.60. The van der Waals surface area contributed by atoms with Crippen LogP contribution in [0.3, 0.4) is 0 Å². The lowest BCUT2D eigenvalue weighted by atomic mass is 10.2. The molecule has 2 aliphatic heterocycles. The van der Waals surface area contributed by atoms with Gasteiger partial charge < -0.3 is 9.47 Å². The fourth-order valence-electron chi connectivity index (χ4n) is 2.69. The lowest BCUT2D eigenvalue weighted by Gasteiger charge is -2.22. The molecule has 0 radical (unpaired) electrons. The van der Waals surface area contributed by atoms with Crippen molar-refractivity contribution in [1.29, 1.82) is 0 Å². The van der Waals surface area contributed by atoms with Crippen LogP contribution in [0.5, 0.6) is 11.5 Å². The van der Waals surface area contributed by atoms with Gasteiger partial charge in [0.1, 0.15) is 0 Å². The lowest BCUT2D eigenvalue weighted by molar-refractivity contribution is -0.130. The summed E-state index contributed by atoms with van der Waals surface area (Å²) in [6.07, 6.45) is 1.84. The Kier molecular flexibility index (Phi) is 4.94. The Labute approximate surface area is 169 Å². The number of rotatable bonds is 3. The van der Waals surface area contributed by atoms with Crippen molar-refractivity contribution in [2.75, 3.05) is 20.9 Å². The fraction of sp³-hybridized carbons (Fsp3) is 0.158. The number of carbonyl (C=O) groups excluding carboxylic acids is 1. The largest absolute Gasteiger partial charge is 0.454 e. The number of hydrogen-bond donors (Lipinski definition) is 0. The van der Waals surface area contributed by atoms with Crippen molar-refractivity contribution in [3.63, 3.8) is 0 Å². The predicted octanol–water partition coefficient (Wildman–Crippen LogP) is 4.26. The minimum absolute atomic E-state index is 0.121. The van der Waals surface area contributed by atoms with E-state index < -0.39 is 0 Å². The molecule has 138 valence electrons. The van der Waals surface area contributed by atoms with Crippen molar-refractivity contribution in [2.45, 2.75) is 0 Å². The molecule has 2 heterocycles. The van der Waals surface area contributed by atoms with E-state index in [-0.39, 0.29) is 12.7 Å². The quantitative estimate of drug-likeness (QED) is 0.660. The molecular formula is C19H16BrN3O3S. The first-order chi connectivity index (χ1) is 13.0. The van der Waals surface area contributed by atoms with Gasteiger partial charge in [0.25, 0.3) is 5.91 Å². The summed E-state index contributed by atoms with van der Waals surface area (Å²) in [5.41, 5.74) is 1.64. The van der Waals surface area contributed by atoms with Gasteiger partial charge >= 0.3 is 0 Å². The van der Waals surface area contributed by atoms with E-state index in [1.165, 1.54) is 11.8 Å². The van der Waals surface area contributed by atoms with Gasteiger partial charge in [-0.15, -0.1) is 0 Å². The summed E-state index contributed by atoms with van der Waals surface area (Å²) in [6, 6.07) is 13.3. The van der Waals surface area contributed by atoms with Crippen LogP contribution in [0, 0.1) is 0 Å². The molecule has 2 aromatic carbocycles. The number of thioether (sulfide) groups is 1. The molecule has 8 heteroatoms. The predicted molar refractivity (Wildman–Crippen MR) is 110 cm³/mol. The van der Waals surface area contributed by atoms with Crippen LogP contribution in [0.1, 0.15) is 5.56 Å². The fourth-order valence-corrected chi connectivity index (χ4v) is 4.17. The van der Waals surface area contributed by atoms with Crippen molar-refractivity contribution in [3.8, 4) is 11.5 Å². The summed E-state index contributed by atoms with van der Waals surface area (Å²) in [5, 5.41) is 3.90. The van der Waals surface area contributed by atoms with Crippen LogP contribution in [0.25, 0.3) is 6.08 Å². The van der Waals surface area contributed by atoms with Gasteiger partial charge in [-0.3, -0.25) is 4.79 Å². The van der Waals surface area contributed by atoms with Crippen molar-refractivity contribution < 1.29 is 14.3 Å². The molecule has 1 amide bonds. The Morgan fingerprint density at radius 1 is 1.19 bits per heavy atom. The third-order valence-corrected chi connectivity index (χ3v) is 5.59. The monoisotopic (exact) mass is 445 g/mol. The van der Waals surface area contributed by atoms with E-state index in [2.05, 4.69) is 20.9 Å². The molecule has 27 heavy (non-hydrogen) atoms. The Morgan fingerprint density at radius 3 is 2.59 bits per heavy atom. The maximum absolute atomic E-state index is 12.9. The molecule has 0 unspecified atom stereocenters. The molecule has 0 aliphatic carbocycles. The molecule has 0 N–H and O–H groups in total. The van der Waals surface area contributed by atoms with Crippen LogP contribution in [-0.2, 0) is 4.79 Å². The number of nitrogens with zero attached hydrogens (tertiary/aromatic N) is 3. The van der Waals surface area contributed by atoms with E-state index in [1.54, 1.807) is 10.0 Å². The van der Waals surface area contributed by atoms with Crippen LogP contribution in [-0.4, -0.2) is 42.0 Å². The molecule has 6 nitrogen and oxygen atoms in total. The van der Waals surface area contributed by atoms with Gasteiger partial charge in [0, 0.05) is 18.6 Å². The van der Waals surface area contributed by atoms with E-state index in [0.29, 0.717) is 21.6 Å². The number of hydrazine groups is 1. The number of hydrogen-bond acceptors (Lipinski definition) is 6. The number of amidine groups is 1. The summed E-state index contributed by atoms with van der Waals surface area (Å²) in [6.45, 7) is 0.206. The van der Waals surface area contributed by atoms with Crippen LogP contribution < -0.4 is 9.47 Å². The molecular weight excluding hydrogens is 430 g/mol. The zero-order valence-electron chi connectivity index (χ0n) is 14.7. The van der Waals surface area contributed by atoms with E-state index in [0.717, 1.165) is 15.7 Å². The second kappa shape index (κ2) is 7.38. The highest BCUT2D eigenvalue weighted by Crippen LogP contribution is 2.40. The number of para-hydroxylation sites is 1. The summed E-state index contributed by atoms with van der Waals surface area (Å²) in [7, 11) is 3.64. The molecule has 0 bridgehead atoms. The average Bonchev–Trinajstić information content (AvgIpc) is 3.20. The van der Waals surface area contributed by atoms with E-state index in [4.69, 9.17) is 9.47 Å². The maximum atomic E-state index is 12.9. The van der Waals surface area contributed by atoms with Gasteiger partial charge in [-0.25, -0.2) is 15.0 Å². The van der Waals surface area contributed by atoms with Gasteiger partial charge in [-0.2, -0.15) is 0 Å². The smallest absolute Gasteiger partial charge is 0.281 e. The van der Waals surface area contributed by atoms with Gasteiger partial charge in [0.15, 0.2) is 16.7 Å². The summed E-state index contributed by atoms with van der Waals surface area (Å²) >= 11 is 4.87. The summed E-state index contributed by atoms with van der Waals surface area (Å²) in [5.74, 6) is 1.24. The minimum atomic E-state index is -0.121. The number of fused-ring (bicyclic) bond motifs is 1. The number of carbonyl (C=O) groups is 1. The first-order valence-electron chi connectivity index (χ1n) is 8.17. The highest BCUT2D eigenvalue weighted by Gasteiger charge is 2.35. The van der Waals surface area contributed by atoms with Gasteiger partial charge in [0.2, 0.25) is 6.79 Å². The lowest BCUT2D eigenvalue weighted by Crippen LogP contribution is -2.40. The SMILES string of the molecule is CN(C)N1C(=O)/C(=C\c2cc3c(cc2Br)OCO3)SC1=Nc1ccccc1. The topological polar surface area (TPSA) is 54.4 Å². The van der Waals surface area contributed by atoms with Crippen molar-refractivity contribution >= 4 is 50.5 Å².